The van der Waals surface area contributed by atoms with Gasteiger partial charge in [0.25, 0.3) is 0 Å². The molecule has 0 fully saturated rings. The molecule has 1 aliphatic heterocycles. The average molecular weight is 261 g/mol. The number of hydrogen-bond donors (Lipinski definition) is 2. The summed E-state index contributed by atoms with van der Waals surface area (Å²) in [6.45, 7) is 0.381. The number of likely N-dealkylation sites (N-methyl/N-ethyl adjacent to an activating group) is 1. The first-order valence-corrected chi connectivity index (χ1v) is 5.56. The van der Waals surface area contributed by atoms with E-state index in [0.717, 1.165) is 11.6 Å². The molecular weight excluding hydrogens is 246 g/mol. The highest BCUT2D eigenvalue weighted by Crippen LogP contribution is 1.99. The maximum atomic E-state index is 10.4. The Balaban J connectivity index is 0.000000200. The molecule has 0 aliphatic carbocycles. The van der Waals surface area contributed by atoms with Crippen molar-refractivity contribution in [3.05, 3.63) is 42.0 Å². The summed E-state index contributed by atoms with van der Waals surface area (Å²) in [6.07, 6.45) is 2.50. The van der Waals surface area contributed by atoms with Crippen LogP contribution in [-0.2, 0) is 9.59 Å². The summed E-state index contributed by atoms with van der Waals surface area (Å²) in [6, 6.07) is 9.19. The van der Waals surface area contributed by atoms with Gasteiger partial charge in [0.05, 0.1) is 13.0 Å². The van der Waals surface area contributed by atoms with Crippen LogP contribution in [0.2, 0.25) is 0 Å². The first kappa shape index (κ1) is 14.4. The third-order valence-corrected chi connectivity index (χ3v) is 2.27. The lowest BCUT2D eigenvalue weighted by Gasteiger charge is -1.91. The molecule has 0 spiro atoms. The van der Waals surface area contributed by atoms with Gasteiger partial charge in [0, 0.05) is 0 Å². The average Bonchev–Trinajstić information content (AvgIpc) is 2.66. The molecule has 0 aromatic heterocycles. The molecule has 1 amide bonds. The highest BCUT2D eigenvalue weighted by molar-refractivity contribution is 5.97. The molecule has 1 aliphatic rings. The van der Waals surface area contributed by atoms with Gasteiger partial charge < -0.3 is 9.90 Å². The van der Waals surface area contributed by atoms with Crippen molar-refractivity contribution in [1.82, 2.24) is 5.32 Å². The number of carboxylic acid groups (broad SMARTS) is 1. The summed E-state index contributed by atoms with van der Waals surface area (Å²) >= 11 is 0. The zero-order chi connectivity index (χ0) is 14.3. The first-order valence-electron chi connectivity index (χ1n) is 5.56. The quantitative estimate of drug-likeness (QED) is 0.501. The molecule has 1 aromatic rings. The third-order valence-electron chi connectivity index (χ3n) is 2.27. The number of nitrogens with zero attached hydrogens (tertiary/aromatic N) is 1. The number of carbonyl (C=O) groups excluding carboxylic acids is 2. The van der Waals surface area contributed by atoms with Gasteiger partial charge in [-0.15, -0.1) is 0 Å². The number of aliphatic carboxylic acids is 1. The summed E-state index contributed by atoms with van der Waals surface area (Å²) in [5.74, 6) is -0.770. The largest absolute Gasteiger partial charge is 0.545 e. The summed E-state index contributed by atoms with van der Waals surface area (Å²) < 4.78 is 1.66. The fraction of sp³-hybridized carbons (Fsp3) is 0.154. The van der Waals surface area contributed by atoms with Crippen molar-refractivity contribution in [2.24, 2.45) is 5.73 Å². The van der Waals surface area contributed by atoms with E-state index in [2.05, 4.69) is 5.32 Å². The van der Waals surface area contributed by atoms with E-state index in [9.17, 15) is 14.7 Å². The Hall–Kier alpha value is -2.63. The fourth-order valence-electron chi connectivity index (χ4n) is 1.31. The standard InChI is InChI=1S/C9H8O2.C4H7N3O/c10-9(11)7-6-8-4-2-1-3-5-8;1-7-2-3(8)6-4(7)5/h1-7H,(H,10,11);2H2,1H3,(H2,5,6,8)/b7-6+;. The third kappa shape index (κ3) is 5.49. The monoisotopic (exact) mass is 261 g/mol. The Bertz CT molecular complexity index is 505. The number of hydrogen-bond acceptors (Lipinski definition) is 4. The molecule has 0 atom stereocenters. The number of guanidine groups is 1. The van der Waals surface area contributed by atoms with E-state index in [1.165, 1.54) is 6.08 Å². The zero-order valence-corrected chi connectivity index (χ0v) is 10.5. The predicted octanol–water partition coefficient (Wildman–Crippen LogP) is -1.48. The number of carbonyl (C=O) groups is 2. The van der Waals surface area contributed by atoms with Crippen LogP contribution in [0.15, 0.2) is 36.4 Å². The molecule has 19 heavy (non-hydrogen) atoms. The SMILES string of the molecule is C[N+]1=C(N)NC(=O)C1.O=C([O-])/C=C/c1ccccc1. The van der Waals surface area contributed by atoms with Crippen molar-refractivity contribution in [1.29, 1.82) is 0 Å². The van der Waals surface area contributed by atoms with Crippen LogP contribution in [0.3, 0.4) is 0 Å². The lowest BCUT2D eigenvalue weighted by atomic mass is 10.2. The van der Waals surface area contributed by atoms with E-state index in [0.29, 0.717) is 12.5 Å². The van der Waals surface area contributed by atoms with E-state index < -0.39 is 5.97 Å². The van der Waals surface area contributed by atoms with Crippen molar-refractivity contribution < 1.29 is 19.3 Å². The van der Waals surface area contributed by atoms with E-state index in [1.54, 1.807) is 11.6 Å². The number of rotatable bonds is 2. The minimum Gasteiger partial charge on any atom is -0.545 e. The lowest BCUT2D eigenvalue weighted by Crippen LogP contribution is -2.32. The molecule has 0 bridgehead atoms. The maximum Gasteiger partial charge on any atom is 0.351 e. The molecule has 0 saturated heterocycles. The molecule has 3 N–H and O–H groups in total. The Labute approximate surface area is 110 Å². The molecule has 1 heterocycles. The Morgan fingerprint density at radius 1 is 1.42 bits per heavy atom. The summed E-state index contributed by atoms with van der Waals surface area (Å²) in [7, 11) is 1.76. The Morgan fingerprint density at radius 3 is 2.42 bits per heavy atom. The fourth-order valence-corrected chi connectivity index (χ4v) is 1.31. The van der Waals surface area contributed by atoms with Crippen molar-refractivity contribution in [2.45, 2.75) is 0 Å². The predicted molar refractivity (Wildman–Crippen MR) is 68.9 cm³/mol. The van der Waals surface area contributed by atoms with Gasteiger partial charge in [-0.1, -0.05) is 36.4 Å². The Morgan fingerprint density at radius 2 is 2.05 bits per heavy atom. The molecular formula is C13H15N3O3. The molecule has 6 nitrogen and oxygen atoms in total. The topological polar surface area (TPSA) is 98.3 Å². The number of nitrogens with one attached hydrogen (secondary N) is 1. The summed E-state index contributed by atoms with van der Waals surface area (Å²) in [5, 5.41) is 12.4. The van der Waals surface area contributed by atoms with Gasteiger partial charge in [0.15, 0.2) is 6.54 Å². The summed E-state index contributed by atoms with van der Waals surface area (Å²) in [5.41, 5.74) is 6.14. The summed E-state index contributed by atoms with van der Waals surface area (Å²) in [4.78, 5) is 20.4. The molecule has 1 aromatic carbocycles. The van der Waals surface area contributed by atoms with Gasteiger partial charge in [-0.3, -0.25) is 15.1 Å². The van der Waals surface area contributed by atoms with Gasteiger partial charge in [-0.2, -0.15) is 0 Å². The number of amides is 1. The van der Waals surface area contributed by atoms with Crippen molar-refractivity contribution >= 4 is 23.9 Å². The number of nitrogens with two attached hydrogens (primary N) is 1. The van der Waals surface area contributed by atoms with Gasteiger partial charge in [0.2, 0.25) is 0 Å². The van der Waals surface area contributed by atoms with Crippen LogP contribution in [0.5, 0.6) is 0 Å². The van der Waals surface area contributed by atoms with Gasteiger partial charge in [-0.25, -0.2) is 5.32 Å². The second-order valence-corrected chi connectivity index (χ2v) is 3.85. The van der Waals surface area contributed by atoms with Crippen LogP contribution in [0.4, 0.5) is 0 Å². The van der Waals surface area contributed by atoms with Crippen LogP contribution >= 0.6 is 0 Å². The van der Waals surface area contributed by atoms with Crippen LogP contribution in [0.25, 0.3) is 6.08 Å². The minimum atomic E-state index is -1.17. The van der Waals surface area contributed by atoms with Crippen LogP contribution < -0.4 is 16.2 Å². The van der Waals surface area contributed by atoms with Crippen LogP contribution in [0.1, 0.15) is 5.56 Å². The molecule has 100 valence electrons. The molecule has 6 heteroatoms. The van der Waals surface area contributed by atoms with Crippen molar-refractivity contribution in [3.63, 3.8) is 0 Å². The first-order chi connectivity index (χ1) is 8.99. The normalized spacial score (nSPS) is 14.1. The van der Waals surface area contributed by atoms with Crippen molar-refractivity contribution in [3.8, 4) is 0 Å². The second kappa shape index (κ2) is 6.95. The van der Waals surface area contributed by atoms with Crippen molar-refractivity contribution in [2.75, 3.05) is 13.6 Å². The number of benzene rings is 1. The Kier molecular flexibility index (Phi) is 5.28. The van der Waals surface area contributed by atoms with E-state index >= 15 is 0 Å². The molecule has 0 saturated carbocycles. The maximum absolute atomic E-state index is 10.4. The minimum absolute atomic E-state index is 0.0370. The zero-order valence-electron chi connectivity index (χ0n) is 10.5. The van der Waals surface area contributed by atoms with E-state index in [4.69, 9.17) is 5.73 Å². The smallest absolute Gasteiger partial charge is 0.351 e. The van der Waals surface area contributed by atoms with E-state index in [1.807, 2.05) is 30.3 Å². The van der Waals surface area contributed by atoms with Gasteiger partial charge in [-0.05, 0) is 11.6 Å². The van der Waals surface area contributed by atoms with Crippen LogP contribution in [-0.4, -0.2) is 36.0 Å². The van der Waals surface area contributed by atoms with E-state index in [-0.39, 0.29) is 5.91 Å². The molecule has 2 rings (SSSR count). The molecule has 0 radical (unpaired) electrons. The van der Waals surface area contributed by atoms with Crippen LogP contribution in [0, 0.1) is 0 Å². The highest BCUT2D eigenvalue weighted by Gasteiger charge is 2.20. The lowest BCUT2D eigenvalue weighted by molar-refractivity contribution is -0.480. The second-order valence-electron chi connectivity index (χ2n) is 3.85. The highest BCUT2D eigenvalue weighted by atomic mass is 16.4. The van der Waals surface area contributed by atoms with Gasteiger partial charge >= 0.3 is 11.9 Å². The molecule has 0 unspecified atom stereocenters. The van der Waals surface area contributed by atoms with Gasteiger partial charge in [0.1, 0.15) is 0 Å². The number of carboxylic acids is 1.